The second-order valence-corrected chi connectivity index (χ2v) is 5.46. The Labute approximate surface area is 116 Å². The first-order chi connectivity index (χ1) is 9.20. The highest BCUT2D eigenvalue weighted by atomic mass is 16.2. The van der Waals surface area contributed by atoms with E-state index in [1.807, 2.05) is 6.92 Å². The minimum Gasteiger partial charge on any atom is -0.358 e. The van der Waals surface area contributed by atoms with Crippen molar-refractivity contribution in [1.82, 2.24) is 10.2 Å². The van der Waals surface area contributed by atoms with E-state index >= 15 is 0 Å². The number of nitrogens with zero attached hydrogens (tertiary/aromatic N) is 1. The van der Waals surface area contributed by atoms with Gasteiger partial charge in [-0.1, -0.05) is 30.3 Å². The van der Waals surface area contributed by atoms with E-state index in [1.165, 1.54) is 24.8 Å². The van der Waals surface area contributed by atoms with E-state index in [0.29, 0.717) is 0 Å². The predicted octanol–water partition coefficient (Wildman–Crippen LogP) is 2.08. The summed E-state index contributed by atoms with van der Waals surface area (Å²) in [6.07, 6.45) is 3.55. The van der Waals surface area contributed by atoms with Crippen LogP contribution >= 0.6 is 0 Å². The fourth-order valence-electron chi connectivity index (χ4n) is 2.87. The van der Waals surface area contributed by atoms with Gasteiger partial charge in [-0.3, -0.25) is 9.69 Å². The van der Waals surface area contributed by atoms with Crippen LogP contribution in [0.15, 0.2) is 30.3 Å². The Bertz CT molecular complexity index is 396. The Kier molecular flexibility index (Phi) is 4.97. The largest absolute Gasteiger partial charge is 0.358 e. The standard InChI is InChI=1S/C16H24N2O/c1-13(16(19)17-2)18-10-8-15(9-11-18)12-14-6-4-3-5-7-14/h3-7,13,15H,8-12H2,1-2H3,(H,17,19)/t13-/m1/s1. The second kappa shape index (κ2) is 6.71. The van der Waals surface area contributed by atoms with Gasteiger partial charge in [0.2, 0.25) is 5.91 Å². The number of likely N-dealkylation sites (tertiary alicyclic amines) is 1. The molecule has 1 aromatic rings. The van der Waals surface area contributed by atoms with Crippen molar-refractivity contribution in [1.29, 1.82) is 0 Å². The molecule has 0 radical (unpaired) electrons. The van der Waals surface area contributed by atoms with Crippen LogP contribution in [0.5, 0.6) is 0 Å². The van der Waals surface area contributed by atoms with E-state index in [-0.39, 0.29) is 11.9 Å². The van der Waals surface area contributed by atoms with Crippen molar-refractivity contribution in [3.63, 3.8) is 0 Å². The third-order valence-corrected chi connectivity index (χ3v) is 4.19. The van der Waals surface area contributed by atoms with E-state index in [4.69, 9.17) is 0 Å². The van der Waals surface area contributed by atoms with Gasteiger partial charge in [-0.25, -0.2) is 0 Å². The van der Waals surface area contributed by atoms with E-state index in [1.54, 1.807) is 7.05 Å². The maximum Gasteiger partial charge on any atom is 0.236 e. The van der Waals surface area contributed by atoms with Gasteiger partial charge in [0.05, 0.1) is 6.04 Å². The molecule has 0 saturated carbocycles. The average molecular weight is 260 g/mol. The number of hydrogen-bond acceptors (Lipinski definition) is 2. The molecule has 1 aromatic carbocycles. The summed E-state index contributed by atoms with van der Waals surface area (Å²) in [7, 11) is 1.71. The highest BCUT2D eigenvalue weighted by molar-refractivity contribution is 5.80. The van der Waals surface area contributed by atoms with Crippen LogP contribution in [-0.2, 0) is 11.2 Å². The Hall–Kier alpha value is -1.35. The number of nitrogens with one attached hydrogen (secondary N) is 1. The lowest BCUT2D eigenvalue weighted by Crippen LogP contribution is -2.47. The van der Waals surface area contributed by atoms with Crippen molar-refractivity contribution in [2.24, 2.45) is 5.92 Å². The zero-order chi connectivity index (χ0) is 13.7. The molecule has 3 heteroatoms. The summed E-state index contributed by atoms with van der Waals surface area (Å²) in [6.45, 7) is 4.06. The summed E-state index contributed by atoms with van der Waals surface area (Å²) in [4.78, 5) is 13.9. The molecule has 3 nitrogen and oxygen atoms in total. The number of likely N-dealkylation sites (N-methyl/N-ethyl adjacent to an activating group) is 1. The highest BCUT2D eigenvalue weighted by Gasteiger charge is 2.25. The van der Waals surface area contributed by atoms with Crippen LogP contribution < -0.4 is 5.32 Å². The number of carbonyl (C=O) groups is 1. The molecule has 1 saturated heterocycles. The van der Waals surface area contributed by atoms with Crippen molar-refractivity contribution in [3.05, 3.63) is 35.9 Å². The van der Waals surface area contributed by atoms with Crippen LogP contribution in [0.3, 0.4) is 0 Å². The van der Waals surface area contributed by atoms with Crippen LogP contribution in [0.2, 0.25) is 0 Å². The second-order valence-electron chi connectivity index (χ2n) is 5.46. The smallest absolute Gasteiger partial charge is 0.236 e. The summed E-state index contributed by atoms with van der Waals surface area (Å²) in [5, 5.41) is 2.73. The molecular weight excluding hydrogens is 236 g/mol. The van der Waals surface area contributed by atoms with Crippen LogP contribution in [-0.4, -0.2) is 37.0 Å². The molecular formula is C16H24N2O. The normalized spacial score (nSPS) is 19.1. The third-order valence-electron chi connectivity index (χ3n) is 4.19. The van der Waals surface area contributed by atoms with Gasteiger partial charge in [-0.05, 0) is 50.8 Å². The maximum atomic E-state index is 11.6. The average Bonchev–Trinajstić information content (AvgIpc) is 2.47. The fraction of sp³-hybridized carbons (Fsp3) is 0.562. The molecule has 1 heterocycles. The van der Waals surface area contributed by atoms with E-state index in [2.05, 4.69) is 40.5 Å². The molecule has 1 aliphatic rings. The van der Waals surface area contributed by atoms with E-state index in [0.717, 1.165) is 19.0 Å². The van der Waals surface area contributed by atoms with Crippen LogP contribution in [0.1, 0.15) is 25.3 Å². The van der Waals surface area contributed by atoms with Gasteiger partial charge >= 0.3 is 0 Å². The van der Waals surface area contributed by atoms with Gasteiger partial charge in [0.25, 0.3) is 0 Å². The zero-order valence-electron chi connectivity index (χ0n) is 11.9. The number of hydrogen-bond donors (Lipinski definition) is 1. The molecule has 1 atom stereocenters. The Balaban J connectivity index is 1.81. The van der Waals surface area contributed by atoms with Crippen molar-refractivity contribution in [2.75, 3.05) is 20.1 Å². The summed E-state index contributed by atoms with van der Waals surface area (Å²) >= 11 is 0. The van der Waals surface area contributed by atoms with Gasteiger partial charge in [0.15, 0.2) is 0 Å². The van der Waals surface area contributed by atoms with Crippen molar-refractivity contribution in [3.8, 4) is 0 Å². The van der Waals surface area contributed by atoms with Crippen molar-refractivity contribution in [2.45, 2.75) is 32.2 Å². The van der Waals surface area contributed by atoms with Crippen LogP contribution in [0.4, 0.5) is 0 Å². The van der Waals surface area contributed by atoms with E-state index in [9.17, 15) is 4.79 Å². The SMILES string of the molecule is CNC(=O)[C@@H](C)N1CCC(Cc2ccccc2)CC1. The molecule has 0 spiro atoms. The Morgan fingerprint density at radius 1 is 1.32 bits per heavy atom. The van der Waals surface area contributed by atoms with Crippen LogP contribution in [0.25, 0.3) is 0 Å². The minimum atomic E-state index is 0.00248. The highest BCUT2D eigenvalue weighted by Crippen LogP contribution is 2.22. The number of benzene rings is 1. The molecule has 1 aliphatic heterocycles. The molecule has 1 fully saturated rings. The number of carbonyl (C=O) groups excluding carboxylic acids is 1. The van der Waals surface area contributed by atoms with E-state index < -0.39 is 0 Å². The summed E-state index contributed by atoms with van der Waals surface area (Å²) in [5.74, 6) is 0.886. The molecule has 0 aliphatic carbocycles. The summed E-state index contributed by atoms with van der Waals surface area (Å²) < 4.78 is 0. The monoisotopic (exact) mass is 260 g/mol. The topological polar surface area (TPSA) is 32.3 Å². The summed E-state index contributed by atoms with van der Waals surface area (Å²) in [6, 6.07) is 10.7. The predicted molar refractivity (Wildman–Crippen MR) is 78.0 cm³/mol. The van der Waals surface area contributed by atoms with Crippen molar-refractivity contribution < 1.29 is 4.79 Å². The van der Waals surface area contributed by atoms with Gasteiger partial charge in [-0.15, -0.1) is 0 Å². The molecule has 0 bridgehead atoms. The third kappa shape index (κ3) is 3.80. The zero-order valence-corrected chi connectivity index (χ0v) is 11.9. The minimum absolute atomic E-state index is 0.00248. The first-order valence-electron chi connectivity index (χ1n) is 7.20. The molecule has 1 N–H and O–H groups in total. The summed E-state index contributed by atoms with van der Waals surface area (Å²) in [5.41, 5.74) is 1.43. The fourth-order valence-corrected chi connectivity index (χ4v) is 2.87. The van der Waals surface area contributed by atoms with Gasteiger partial charge in [0.1, 0.15) is 0 Å². The first-order valence-corrected chi connectivity index (χ1v) is 7.20. The molecule has 0 unspecified atom stereocenters. The molecule has 2 rings (SSSR count). The van der Waals surface area contributed by atoms with Gasteiger partial charge in [-0.2, -0.15) is 0 Å². The lowest BCUT2D eigenvalue weighted by atomic mass is 9.89. The molecule has 104 valence electrons. The lowest BCUT2D eigenvalue weighted by molar-refractivity contribution is -0.125. The van der Waals surface area contributed by atoms with Gasteiger partial charge < -0.3 is 5.32 Å². The first kappa shape index (κ1) is 14.1. The maximum absolute atomic E-state index is 11.6. The molecule has 1 amide bonds. The van der Waals surface area contributed by atoms with Gasteiger partial charge in [0, 0.05) is 7.05 Å². The molecule has 0 aromatic heterocycles. The quantitative estimate of drug-likeness (QED) is 0.899. The number of amides is 1. The Morgan fingerprint density at radius 2 is 1.95 bits per heavy atom. The number of piperidine rings is 1. The lowest BCUT2D eigenvalue weighted by Gasteiger charge is -2.35. The molecule has 19 heavy (non-hydrogen) atoms. The van der Waals surface area contributed by atoms with Crippen LogP contribution in [0, 0.1) is 5.92 Å². The Morgan fingerprint density at radius 3 is 2.53 bits per heavy atom. The number of rotatable bonds is 4. The van der Waals surface area contributed by atoms with Crippen molar-refractivity contribution >= 4 is 5.91 Å².